The van der Waals surface area contributed by atoms with E-state index >= 15 is 0 Å². The summed E-state index contributed by atoms with van der Waals surface area (Å²) in [5.74, 6) is 0.721. The molecule has 1 rings (SSSR count). The topological polar surface area (TPSA) is 32.3 Å². The predicted molar refractivity (Wildman–Crippen MR) is 59.2 cm³/mol. The third-order valence-electron chi connectivity index (χ3n) is 2.39. The van der Waals surface area contributed by atoms with E-state index in [0.29, 0.717) is 11.7 Å². The molecule has 0 aromatic heterocycles. The summed E-state index contributed by atoms with van der Waals surface area (Å²) in [7, 11) is 1.88. The lowest BCUT2D eigenvalue weighted by Crippen LogP contribution is -2.14. The largest absolute Gasteiger partial charge is 0.508 e. The summed E-state index contributed by atoms with van der Waals surface area (Å²) in [4.78, 5) is 0. The van der Waals surface area contributed by atoms with Crippen LogP contribution in [0.5, 0.6) is 5.75 Å². The summed E-state index contributed by atoms with van der Waals surface area (Å²) < 4.78 is 0. The Morgan fingerprint density at radius 1 is 1.43 bits per heavy atom. The molecule has 1 atom stereocenters. The number of allylic oxidation sites excluding steroid dienone is 1. The molecule has 2 N–H and O–H groups in total. The molecule has 0 aliphatic heterocycles. The Kier molecular flexibility index (Phi) is 3.57. The van der Waals surface area contributed by atoms with E-state index in [1.807, 2.05) is 19.2 Å². The van der Waals surface area contributed by atoms with Gasteiger partial charge in [0.2, 0.25) is 0 Å². The second kappa shape index (κ2) is 4.70. The van der Waals surface area contributed by atoms with Crippen LogP contribution < -0.4 is 5.32 Å². The third-order valence-corrected chi connectivity index (χ3v) is 2.39. The molecule has 0 amide bonds. The number of rotatable bonds is 4. The standard InChI is InChI=1S/C12H17NO/c1-9(10(2)13-3)8-11-4-6-12(14)7-5-11/h4-7,9,13-14H,2,8H2,1,3H3. The highest BCUT2D eigenvalue weighted by atomic mass is 16.3. The molecule has 0 saturated heterocycles. The van der Waals surface area contributed by atoms with Gasteiger partial charge in [-0.2, -0.15) is 0 Å². The van der Waals surface area contributed by atoms with Crippen LogP contribution in [0.4, 0.5) is 0 Å². The molecule has 14 heavy (non-hydrogen) atoms. The zero-order chi connectivity index (χ0) is 10.6. The van der Waals surface area contributed by atoms with E-state index in [9.17, 15) is 0 Å². The van der Waals surface area contributed by atoms with E-state index in [2.05, 4.69) is 18.8 Å². The summed E-state index contributed by atoms with van der Waals surface area (Å²) in [5.41, 5.74) is 2.25. The first-order valence-electron chi connectivity index (χ1n) is 4.78. The zero-order valence-electron chi connectivity index (χ0n) is 8.75. The van der Waals surface area contributed by atoms with E-state index in [1.165, 1.54) is 5.56 Å². The van der Waals surface area contributed by atoms with Crippen LogP contribution in [-0.2, 0) is 6.42 Å². The summed E-state index contributed by atoms with van der Waals surface area (Å²) in [6.07, 6.45) is 0.944. The average Bonchev–Trinajstić information content (AvgIpc) is 2.20. The van der Waals surface area contributed by atoms with Crippen molar-refractivity contribution in [1.29, 1.82) is 0 Å². The van der Waals surface area contributed by atoms with Crippen molar-refractivity contribution >= 4 is 0 Å². The number of nitrogens with one attached hydrogen (secondary N) is 1. The molecule has 0 aliphatic carbocycles. The maximum absolute atomic E-state index is 9.12. The molecule has 0 fully saturated rings. The number of phenolic OH excluding ortho intramolecular Hbond substituents is 1. The van der Waals surface area contributed by atoms with Crippen molar-refractivity contribution in [3.8, 4) is 5.75 Å². The van der Waals surface area contributed by atoms with Gasteiger partial charge in [0.1, 0.15) is 5.75 Å². The van der Waals surface area contributed by atoms with Gasteiger partial charge in [0, 0.05) is 12.7 Å². The first-order valence-corrected chi connectivity index (χ1v) is 4.78. The van der Waals surface area contributed by atoms with Crippen molar-refractivity contribution < 1.29 is 5.11 Å². The lowest BCUT2D eigenvalue weighted by atomic mass is 9.99. The van der Waals surface area contributed by atoms with Crippen LogP contribution >= 0.6 is 0 Å². The van der Waals surface area contributed by atoms with Crippen LogP contribution in [0.25, 0.3) is 0 Å². The van der Waals surface area contributed by atoms with Gasteiger partial charge in [0.05, 0.1) is 0 Å². The first-order chi connectivity index (χ1) is 6.63. The second-order valence-electron chi connectivity index (χ2n) is 3.55. The van der Waals surface area contributed by atoms with Crippen molar-refractivity contribution in [2.24, 2.45) is 5.92 Å². The summed E-state index contributed by atoms with van der Waals surface area (Å²) >= 11 is 0. The highest BCUT2D eigenvalue weighted by Crippen LogP contribution is 2.16. The Morgan fingerprint density at radius 3 is 2.50 bits per heavy atom. The summed E-state index contributed by atoms with van der Waals surface area (Å²) in [6.45, 7) is 6.06. The van der Waals surface area contributed by atoms with Crippen molar-refractivity contribution in [2.45, 2.75) is 13.3 Å². The van der Waals surface area contributed by atoms with Gasteiger partial charge < -0.3 is 10.4 Å². The fourth-order valence-electron chi connectivity index (χ4n) is 1.36. The van der Waals surface area contributed by atoms with Gasteiger partial charge in [-0.15, -0.1) is 0 Å². The highest BCUT2D eigenvalue weighted by Gasteiger charge is 2.05. The minimum atomic E-state index is 0.314. The number of hydrogen-bond acceptors (Lipinski definition) is 2. The maximum atomic E-state index is 9.12. The van der Waals surface area contributed by atoms with Crippen LogP contribution in [0.15, 0.2) is 36.5 Å². The molecule has 0 spiro atoms. The predicted octanol–water partition coefficient (Wildman–Crippen LogP) is 2.30. The fraction of sp³-hybridized carbons (Fsp3) is 0.333. The number of phenols is 1. The molecule has 0 saturated carbocycles. The monoisotopic (exact) mass is 191 g/mol. The lowest BCUT2D eigenvalue weighted by molar-refractivity contribution is 0.475. The smallest absolute Gasteiger partial charge is 0.115 e. The molecular weight excluding hydrogens is 174 g/mol. The lowest BCUT2D eigenvalue weighted by Gasteiger charge is -2.14. The minimum Gasteiger partial charge on any atom is -0.508 e. The molecule has 0 heterocycles. The van der Waals surface area contributed by atoms with Gasteiger partial charge in [-0.1, -0.05) is 25.6 Å². The van der Waals surface area contributed by atoms with Crippen LogP contribution in [0.2, 0.25) is 0 Å². The molecule has 1 unspecified atom stereocenters. The molecule has 1 aromatic carbocycles. The Labute approximate surface area is 85.3 Å². The average molecular weight is 191 g/mol. The van der Waals surface area contributed by atoms with Crippen molar-refractivity contribution in [3.05, 3.63) is 42.1 Å². The fourth-order valence-corrected chi connectivity index (χ4v) is 1.36. The van der Waals surface area contributed by atoms with Gasteiger partial charge in [-0.3, -0.25) is 0 Å². The maximum Gasteiger partial charge on any atom is 0.115 e. The van der Waals surface area contributed by atoms with E-state index in [1.54, 1.807) is 12.1 Å². The molecule has 0 radical (unpaired) electrons. The van der Waals surface area contributed by atoms with Crippen LogP contribution in [-0.4, -0.2) is 12.2 Å². The molecule has 0 bridgehead atoms. The number of aromatic hydroxyl groups is 1. The zero-order valence-corrected chi connectivity index (χ0v) is 8.75. The first kappa shape index (κ1) is 10.6. The highest BCUT2D eigenvalue weighted by molar-refractivity contribution is 5.26. The molecule has 1 aromatic rings. The number of benzene rings is 1. The Bertz CT molecular complexity index is 303. The second-order valence-corrected chi connectivity index (χ2v) is 3.55. The van der Waals surface area contributed by atoms with Crippen LogP contribution in [0.3, 0.4) is 0 Å². The van der Waals surface area contributed by atoms with Gasteiger partial charge in [-0.05, 0) is 30.0 Å². The van der Waals surface area contributed by atoms with Crippen molar-refractivity contribution in [2.75, 3.05) is 7.05 Å². The SMILES string of the molecule is C=C(NC)C(C)Cc1ccc(O)cc1. The van der Waals surface area contributed by atoms with Gasteiger partial charge in [-0.25, -0.2) is 0 Å². The third kappa shape index (κ3) is 2.80. The van der Waals surface area contributed by atoms with E-state index in [0.717, 1.165) is 12.1 Å². The van der Waals surface area contributed by atoms with E-state index < -0.39 is 0 Å². The van der Waals surface area contributed by atoms with E-state index in [-0.39, 0.29) is 0 Å². The van der Waals surface area contributed by atoms with Crippen molar-refractivity contribution in [3.63, 3.8) is 0 Å². The Morgan fingerprint density at radius 2 is 2.00 bits per heavy atom. The summed E-state index contributed by atoms with van der Waals surface area (Å²) in [6, 6.07) is 7.30. The van der Waals surface area contributed by atoms with Crippen LogP contribution in [0.1, 0.15) is 12.5 Å². The molecule has 0 aliphatic rings. The molecule has 2 heteroatoms. The molecule has 2 nitrogen and oxygen atoms in total. The Balaban J connectivity index is 2.60. The molecular formula is C12H17NO. The van der Waals surface area contributed by atoms with Crippen LogP contribution in [0, 0.1) is 5.92 Å². The molecule has 76 valence electrons. The van der Waals surface area contributed by atoms with E-state index in [4.69, 9.17) is 5.11 Å². The summed E-state index contributed by atoms with van der Waals surface area (Å²) in [5, 5.41) is 12.2. The number of hydrogen-bond donors (Lipinski definition) is 2. The van der Waals surface area contributed by atoms with Gasteiger partial charge in [0.15, 0.2) is 0 Å². The van der Waals surface area contributed by atoms with Gasteiger partial charge in [0.25, 0.3) is 0 Å². The minimum absolute atomic E-state index is 0.314. The van der Waals surface area contributed by atoms with Crippen molar-refractivity contribution in [1.82, 2.24) is 5.32 Å². The Hall–Kier alpha value is -1.44. The normalized spacial score (nSPS) is 12.1. The van der Waals surface area contributed by atoms with Gasteiger partial charge >= 0.3 is 0 Å². The quantitative estimate of drug-likeness (QED) is 0.765.